The number of aromatic nitrogens is 1. The zero-order valence-electron chi connectivity index (χ0n) is 12.0. The SMILES string of the molecule is CCCC[C@@H]1C=CCN1C(=O)Nc1ccc(OC)nc1. The number of carbonyl (C=O) groups is 1. The number of urea groups is 1. The Balaban J connectivity index is 1.93. The van der Waals surface area contributed by atoms with Crippen LogP contribution in [0.15, 0.2) is 30.5 Å². The highest BCUT2D eigenvalue weighted by Crippen LogP contribution is 2.18. The Morgan fingerprint density at radius 3 is 3.05 bits per heavy atom. The fraction of sp³-hybridized carbons (Fsp3) is 0.467. The molecule has 1 aromatic rings. The first kappa shape index (κ1) is 14.4. The van der Waals surface area contributed by atoms with Gasteiger partial charge in [0.1, 0.15) is 0 Å². The lowest BCUT2D eigenvalue weighted by atomic mass is 10.1. The molecule has 1 aliphatic heterocycles. The normalized spacial score (nSPS) is 17.3. The molecule has 0 aliphatic carbocycles. The molecule has 0 bridgehead atoms. The number of nitrogens with one attached hydrogen (secondary N) is 1. The molecule has 0 radical (unpaired) electrons. The lowest BCUT2D eigenvalue weighted by molar-refractivity contribution is 0.208. The van der Waals surface area contributed by atoms with Crippen LogP contribution >= 0.6 is 0 Å². The third-order valence-corrected chi connectivity index (χ3v) is 3.37. The summed E-state index contributed by atoms with van der Waals surface area (Å²) in [6.45, 7) is 2.83. The van der Waals surface area contributed by atoms with Crippen molar-refractivity contribution in [2.45, 2.75) is 32.2 Å². The molecule has 2 heterocycles. The maximum absolute atomic E-state index is 12.3. The molecule has 0 spiro atoms. The minimum absolute atomic E-state index is 0.0805. The van der Waals surface area contributed by atoms with Gasteiger partial charge in [-0.3, -0.25) is 0 Å². The van der Waals surface area contributed by atoms with Gasteiger partial charge in [-0.1, -0.05) is 31.9 Å². The van der Waals surface area contributed by atoms with Crippen LogP contribution in [-0.4, -0.2) is 35.6 Å². The standard InChI is InChI=1S/C15H21N3O2/c1-3-4-6-13-7-5-10-18(13)15(19)17-12-8-9-14(20-2)16-11-12/h5,7-9,11,13H,3-4,6,10H2,1-2H3,(H,17,19)/t13-/m1/s1. The van der Waals surface area contributed by atoms with Crippen LogP contribution in [0.5, 0.6) is 5.88 Å². The molecule has 108 valence electrons. The number of rotatable bonds is 5. The second kappa shape index (κ2) is 6.93. The molecule has 1 atom stereocenters. The molecule has 1 aromatic heterocycles. The van der Waals surface area contributed by atoms with Crippen molar-refractivity contribution in [3.8, 4) is 5.88 Å². The number of pyridine rings is 1. The predicted molar refractivity (Wildman–Crippen MR) is 79.0 cm³/mol. The average molecular weight is 275 g/mol. The van der Waals surface area contributed by atoms with E-state index in [4.69, 9.17) is 4.74 Å². The second-order valence-electron chi connectivity index (χ2n) is 4.81. The molecule has 2 rings (SSSR count). The van der Waals surface area contributed by atoms with Crippen molar-refractivity contribution >= 4 is 11.7 Å². The predicted octanol–water partition coefficient (Wildman–Crippen LogP) is 3.05. The first-order valence-corrected chi connectivity index (χ1v) is 6.99. The van der Waals surface area contributed by atoms with Crippen LogP contribution in [0.3, 0.4) is 0 Å². The molecule has 0 aromatic carbocycles. The first-order chi connectivity index (χ1) is 9.74. The highest BCUT2D eigenvalue weighted by molar-refractivity contribution is 5.89. The fourth-order valence-electron chi connectivity index (χ4n) is 2.24. The van der Waals surface area contributed by atoms with E-state index in [1.165, 1.54) is 0 Å². The number of nitrogens with zero attached hydrogens (tertiary/aromatic N) is 2. The number of anilines is 1. The molecule has 5 nitrogen and oxygen atoms in total. The van der Waals surface area contributed by atoms with Crippen LogP contribution in [0.4, 0.5) is 10.5 Å². The second-order valence-corrected chi connectivity index (χ2v) is 4.81. The molecule has 20 heavy (non-hydrogen) atoms. The zero-order chi connectivity index (χ0) is 14.4. The number of hydrogen-bond donors (Lipinski definition) is 1. The fourth-order valence-corrected chi connectivity index (χ4v) is 2.24. The Labute approximate surface area is 119 Å². The lowest BCUT2D eigenvalue weighted by Gasteiger charge is -2.24. The molecule has 2 amide bonds. The lowest BCUT2D eigenvalue weighted by Crippen LogP contribution is -2.39. The van der Waals surface area contributed by atoms with E-state index in [1.54, 1.807) is 25.4 Å². The van der Waals surface area contributed by atoms with E-state index in [0.717, 1.165) is 19.3 Å². The zero-order valence-corrected chi connectivity index (χ0v) is 12.0. The highest BCUT2D eigenvalue weighted by atomic mass is 16.5. The van der Waals surface area contributed by atoms with E-state index in [1.807, 2.05) is 11.0 Å². The third kappa shape index (κ3) is 3.50. The minimum atomic E-state index is -0.0805. The van der Waals surface area contributed by atoms with Gasteiger partial charge >= 0.3 is 6.03 Å². The van der Waals surface area contributed by atoms with Gasteiger partial charge in [-0.15, -0.1) is 0 Å². The number of amides is 2. The summed E-state index contributed by atoms with van der Waals surface area (Å²) in [5.41, 5.74) is 0.678. The van der Waals surface area contributed by atoms with Crippen LogP contribution in [0.1, 0.15) is 26.2 Å². The van der Waals surface area contributed by atoms with Gasteiger partial charge in [0.25, 0.3) is 0 Å². The van der Waals surface area contributed by atoms with Crippen molar-refractivity contribution in [3.05, 3.63) is 30.5 Å². The molecule has 0 unspecified atom stereocenters. The number of hydrogen-bond acceptors (Lipinski definition) is 3. The smallest absolute Gasteiger partial charge is 0.322 e. The summed E-state index contributed by atoms with van der Waals surface area (Å²) < 4.78 is 4.99. The molecule has 0 saturated heterocycles. The van der Waals surface area contributed by atoms with Crippen molar-refractivity contribution in [1.82, 2.24) is 9.88 Å². The Bertz CT molecular complexity index is 471. The molecule has 5 heteroatoms. The van der Waals surface area contributed by atoms with Gasteiger partial charge in [0.05, 0.1) is 25.0 Å². The maximum Gasteiger partial charge on any atom is 0.322 e. The number of methoxy groups -OCH3 is 1. The van der Waals surface area contributed by atoms with E-state index in [9.17, 15) is 4.79 Å². The first-order valence-electron chi connectivity index (χ1n) is 6.99. The molecule has 1 N–H and O–H groups in total. The minimum Gasteiger partial charge on any atom is -0.481 e. The van der Waals surface area contributed by atoms with Gasteiger partial charge in [-0.05, 0) is 12.5 Å². The van der Waals surface area contributed by atoms with E-state index in [2.05, 4.69) is 23.3 Å². The van der Waals surface area contributed by atoms with Crippen molar-refractivity contribution < 1.29 is 9.53 Å². The number of ether oxygens (including phenoxy) is 1. The van der Waals surface area contributed by atoms with Crippen molar-refractivity contribution in [3.63, 3.8) is 0 Å². The quantitative estimate of drug-likeness (QED) is 0.840. The topological polar surface area (TPSA) is 54.5 Å². The van der Waals surface area contributed by atoms with E-state index in [-0.39, 0.29) is 12.1 Å². The van der Waals surface area contributed by atoms with Gasteiger partial charge < -0.3 is 15.0 Å². The Morgan fingerprint density at radius 2 is 2.40 bits per heavy atom. The van der Waals surface area contributed by atoms with Crippen LogP contribution in [0, 0.1) is 0 Å². The summed E-state index contributed by atoms with van der Waals surface area (Å²) in [7, 11) is 1.56. The van der Waals surface area contributed by atoms with Gasteiger partial charge in [0.15, 0.2) is 0 Å². The largest absolute Gasteiger partial charge is 0.481 e. The van der Waals surface area contributed by atoms with Gasteiger partial charge in [0.2, 0.25) is 5.88 Å². The summed E-state index contributed by atoms with van der Waals surface area (Å²) in [5, 5.41) is 2.87. The molecule has 0 fully saturated rings. The molecular weight excluding hydrogens is 254 g/mol. The summed E-state index contributed by atoms with van der Waals surface area (Å²) in [4.78, 5) is 18.2. The summed E-state index contributed by atoms with van der Waals surface area (Å²) in [5.74, 6) is 0.534. The highest BCUT2D eigenvalue weighted by Gasteiger charge is 2.24. The van der Waals surface area contributed by atoms with E-state index >= 15 is 0 Å². The molecule has 1 aliphatic rings. The maximum atomic E-state index is 12.3. The van der Waals surface area contributed by atoms with Gasteiger partial charge in [-0.25, -0.2) is 9.78 Å². The third-order valence-electron chi connectivity index (χ3n) is 3.37. The van der Waals surface area contributed by atoms with E-state index < -0.39 is 0 Å². The summed E-state index contributed by atoms with van der Waals surface area (Å²) in [6, 6.07) is 3.64. The molecule has 0 saturated carbocycles. The average Bonchev–Trinajstić information content (AvgIpc) is 2.94. The van der Waals surface area contributed by atoms with E-state index in [0.29, 0.717) is 18.1 Å². The van der Waals surface area contributed by atoms with Crippen molar-refractivity contribution in [1.29, 1.82) is 0 Å². The van der Waals surface area contributed by atoms with Crippen molar-refractivity contribution in [2.75, 3.05) is 19.0 Å². The monoisotopic (exact) mass is 275 g/mol. The Hall–Kier alpha value is -2.04. The van der Waals surface area contributed by atoms with Gasteiger partial charge in [0, 0.05) is 12.6 Å². The Morgan fingerprint density at radius 1 is 1.55 bits per heavy atom. The summed E-state index contributed by atoms with van der Waals surface area (Å²) >= 11 is 0. The van der Waals surface area contributed by atoms with Crippen LogP contribution in [0.2, 0.25) is 0 Å². The number of carbonyl (C=O) groups excluding carboxylic acids is 1. The van der Waals surface area contributed by atoms with Crippen LogP contribution < -0.4 is 10.1 Å². The van der Waals surface area contributed by atoms with Crippen LogP contribution in [-0.2, 0) is 0 Å². The van der Waals surface area contributed by atoms with Gasteiger partial charge in [-0.2, -0.15) is 0 Å². The molecular formula is C15H21N3O2. The summed E-state index contributed by atoms with van der Waals surface area (Å²) in [6.07, 6.45) is 9.04. The van der Waals surface area contributed by atoms with Crippen molar-refractivity contribution in [2.24, 2.45) is 0 Å². The number of unbranched alkanes of at least 4 members (excludes halogenated alkanes) is 1. The Kier molecular flexibility index (Phi) is 4.98. The van der Waals surface area contributed by atoms with Crippen LogP contribution in [0.25, 0.3) is 0 Å².